The Morgan fingerprint density at radius 1 is 1.27 bits per heavy atom. The van der Waals surface area contributed by atoms with Crippen LogP contribution in [0.25, 0.3) is 16.0 Å². The molecule has 30 heavy (non-hydrogen) atoms. The van der Waals surface area contributed by atoms with Crippen molar-refractivity contribution in [1.29, 1.82) is 0 Å². The second-order valence-corrected chi connectivity index (χ2v) is 9.76. The van der Waals surface area contributed by atoms with Crippen molar-refractivity contribution in [3.05, 3.63) is 61.6 Å². The topological polar surface area (TPSA) is 84.8 Å². The fourth-order valence-corrected chi connectivity index (χ4v) is 6.04. The van der Waals surface area contributed by atoms with E-state index >= 15 is 4.39 Å². The first kappa shape index (κ1) is 19.5. The zero-order chi connectivity index (χ0) is 21.3. The smallest absolute Gasteiger partial charge is 0.341 e. The third-order valence-electron chi connectivity index (χ3n) is 6.61. The minimum Gasteiger partial charge on any atom is -0.477 e. The third kappa shape index (κ3) is 2.83. The van der Waals surface area contributed by atoms with E-state index in [2.05, 4.69) is 6.92 Å². The van der Waals surface area contributed by atoms with Crippen LogP contribution in [0.1, 0.15) is 70.1 Å². The maximum atomic E-state index is 15.3. The van der Waals surface area contributed by atoms with Crippen molar-refractivity contribution in [3.63, 3.8) is 0 Å². The molecule has 3 N–H and O–H groups in total. The molecule has 156 valence electrons. The molecule has 0 bridgehead atoms. The fourth-order valence-electron chi connectivity index (χ4n) is 4.70. The van der Waals surface area contributed by atoms with Crippen molar-refractivity contribution >= 4 is 22.8 Å². The Balaban J connectivity index is 1.79. The lowest BCUT2D eigenvalue weighted by Gasteiger charge is -2.25. The Morgan fingerprint density at radius 3 is 2.67 bits per heavy atom. The molecule has 7 heteroatoms. The van der Waals surface area contributed by atoms with E-state index in [9.17, 15) is 14.7 Å². The summed E-state index contributed by atoms with van der Waals surface area (Å²) in [5.74, 6) is -1.21. The number of nitrogens with zero attached hydrogens (tertiary/aromatic N) is 1. The molecule has 3 aromatic rings. The molecule has 0 amide bonds. The molecule has 3 aromatic heterocycles. The molecule has 0 radical (unpaired) electrons. The van der Waals surface area contributed by atoms with E-state index in [0.717, 1.165) is 47.9 Å². The predicted molar refractivity (Wildman–Crippen MR) is 115 cm³/mol. The average molecular weight is 427 g/mol. The summed E-state index contributed by atoms with van der Waals surface area (Å²) in [6.07, 6.45) is 5.00. The number of aromatic carboxylic acids is 1. The Bertz CT molecular complexity index is 1270. The van der Waals surface area contributed by atoms with Gasteiger partial charge in [-0.25, -0.2) is 9.18 Å². The summed E-state index contributed by atoms with van der Waals surface area (Å²) < 4.78 is 16.5. The van der Waals surface area contributed by atoms with E-state index in [4.69, 9.17) is 5.73 Å². The van der Waals surface area contributed by atoms with Crippen LogP contribution < -0.4 is 11.3 Å². The molecule has 1 fully saturated rings. The molecule has 2 atom stereocenters. The van der Waals surface area contributed by atoms with Gasteiger partial charge in [0.1, 0.15) is 11.4 Å². The van der Waals surface area contributed by atoms with Gasteiger partial charge in [-0.15, -0.1) is 11.3 Å². The number of carboxylic acid groups (broad SMARTS) is 1. The largest absolute Gasteiger partial charge is 0.477 e. The number of pyridine rings is 2. The molecule has 5 nitrogen and oxygen atoms in total. The van der Waals surface area contributed by atoms with Crippen molar-refractivity contribution in [2.24, 2.45) is 11.7 Å². The quantitative estimate of drug-likeness (QED) is 0.639. The minimum atomic E-state index is -1.28. The first-order valence-electron chi connectivity index (χ1n) is 10.3. The van der Waals surface area contributed by atoms with Crippen LogP contribution in [0.2, 0.25) is 0 Å². The summed E-state index contributed by atoms with van der Waals surface area (Å²) in [5.41, 5.74) is 9.08. The van der Waals surface area contributed by atoms with Gasteiger partial charge >= 0.3 is 5.97 Å². The Morgan fingerprint density at radius 2 is 2.00 bits per heavy atom. The highest BCUT2D eigenvalue weighted by atomic mass is 32.1. The second-order valence-electron chi connectivity index (χ2n) is 8.62. The molecule has 2 aliphatic carbocycles. The van der Waals surface area contributed by atoms with E-state index < -0.39 is 17.3 Å². The van der Waals surface area contributed by atoms with Gasteiger partial charge in [0.25, 0.3) is 5.56 Å². The first-order chi connectivity index (χ1) is 14.3. The molecule has 1 saturated carbocycles. The SMILES string of the molecule is Cc1c(-c2cc3c(s2)CCC(C)C3N)c(F)cn2c(=O)c(C(=O)O)cc(C3CC3)c12. The average Bonchev–Trinajstić information content (AvgIpc) is 3.45. The van der Waals surface area contributed by atoms with Crippen molar-refractivity contribution in [2.75, 3.05) is 0 Å². The number of fused-ring (bicyclic) bond motifs is 2. The number of halogens is 1. The van der Waals surface area contributed by atoms with Gasteiger partial charge in [-0.3, -0.25) is 9.20 Å². The lowest BCUT2D eigenvalue weighted by molar-refractivity contribution is 0.0694. The van der Waals surface area contributed by atoms with Crippen LogP contribution in [0.4, 0.5) is 4.39 Å². The number of hydrogen-bond donors (Lipinski definition) is 2. The maximum Gasteiger partial charge on any atom is 0.341 e. The van der Waals surface area contributed by atoms with Crippen LogP contribution in [-0.2, 0) is 6.42 Å². The standard InChI is InChI=1S/C23H23FN2O3S/c1-10-3-6-17-14(20(10)25)8-18(30-17)19-11(2)21-13(12-4-5-12)7-15(23(28)29)22(27)26(21)9-16(19)24/h7-10,12,20H,3-6,25H2,1-2H3,(H,28,29). The van der Waals surface area contributed by atoms with Crippen molar-refractivity contribution in [1.82, 2.24) is 4.40 Å². The first-order valence-corrected chi connectivity index (χ1v) is 11.1. The zero-order valence-electron chi connectivity index (χ0n) is 16.9. The summed E-state index contributed by atoms with van der Waals surface area (Å²) in [5, 5.41) is 9.45. The number of rotatable bonds is 3. The molecule has 2 unspecified atom stereocenters. The summed E-state index contributed by atoms with van der Waals surface area (Å²) >= 11 is 1.57. The van der Waals surface area contributed by atoms with Crippen molar-refractivity contribution in [3.8, 4) is 10.4 Å². The number of nitrogens with two attached hydrogens (primary N) is 1. The Labute approximate surface area is 177 Å². The van der Waals surface area contributed by atoms with Crippen LogP contribution in [0.5, 0.6) is 0 Å². The van der Waals surface area contributed by atoms with Crippen LogP contribution in [0, 0.1) is 18.7 Å². The van der Waals surface area contributed by atoms with Crippen LogP contribution >= 0.6 is 11.3 Å². The summed E-state index contributed by atoms with van der Waals surface area (Å²) in [6, 6.07) is 3.44. The van der Waals surface area contributed by atoms with Crippen LogP contribution in [-0.4, -0.2) is 15.5 Å². The van der Waals surface area contributed by atoms with Gasteiger partial charge in [-0.2, -0.15) is 0 Å². The van der Waals surface area contributed by atoms with Gasteiger partial charge < -0.3 is 10.8 Å². The number of hydrogen-bond acceptors (Lipinski definition) is 4. The number of thiophene rings is 1. The van der Waals surface area contributed by atoms with Crippen LogP contribution in [0.15, 0.2) is 23.1 Å². The summed E-state index contributed by atoms with van der Waals surface area (Å²) in [6.45, 7) is 3.96. The summed E-state index contributed by atoms with van der Waals surface area (Å²) in [4.78, 5) is 26.4. The van der Waals surface area contributed by atoms with E-state index in [1.165, 1.54) is 15.3 Å². The molecular weight excluding hydrogens is 403 g/mol. The predicted octanol–water partition coefficient (Wildman–Crippen LogP) is 4.63. The lowest BCUT2D eigenvalue weighted by atomic mass is 9.85. The minimum absolute atomic E-state index is 0.0506. The highest BCUT2D eigenvalue weighted by molar-refractivity contribution is 7.15. The van der Waals surface area contributed by atoms with Gasteiger partial charge in [0.05, 0.1) is 5.52 Å². The van der Waals surface area contributed by atoms with Gasteiger partial charge in [-0.1, -0.05) is 6.92 Å². The van der Waals surface area contributed by atoms with Gasteiger partial charge in [0, 0.05) is 27.6 Å². The number of carboxylic acids is 1. The van der Waals surface area contributed by atoms with Crippen LogP contribution in [0.3, 0.4) is 0 Å². The van der Waals surface area contributed by atoms with Gasteiger partial charge in [-0.05, 0) is 73.3 Å². The molecule has 0 aliphatic heterocycles. The van der Waals surface area contributed by atoms with Crippen molar-refractivity contribution in [2.45, 2.75) is 51.5 Å². The lowest BCUT2D eigenvalue weighted by Crippen LogP contribution is -2.24. The Hall–Kier alpha value is -2.51. The highest BCUT2D eigenvalue weighted by Gasteiger charge is 2.31. The maximum absolute atomic E-state index is 15.3. The molecule has 0 aromatic carbocycles. The molecule has 3 heterocycles. The molecule has 5 rings (SSSR count). The molecule has 2 aliphatic rings. The zero-order valence-corrected chi connectivity index (χ0v) is 17.7. The molecule has 0 spiro atoms. The van der Waals surface area contributed by atoms with Gasteiger partial charge in [0.15, 0.2) is 0 Å². The summed E-state index contributed by atoms with van der Waals surface area (Å²) in [7, 11) is 0. The number of aromatic nitrogens is 1. The van der Waals surface area contributed by atoms with Crippen molar-refractivity contribution < 1.29 is 14.3 Å². The van der Waals surface area contributed by atoms with E-state index in [-0.39, 0.29) is 17.5 Å². The fraction of sp³-hybridized carbons (Fsp3) is 0.391. The second kappa shape index (κ2) is 6.75. The molecular formula is C23H23FN2O3S. The number of aryl methyl sites for hydroxylation is 2. The normalized spacial score (nSPS) is 21.1. The van der Waals surface area contributed by atoms with E-state index in [1.807, 2.05) is 13.0 Å². The van der Waals surface area contributed by atoms with E-state index in [0.29, 0.717) is 22.6 Å². The Kier molecular flexibility index (Phi) is 4.38. The third-order valence-corrected chi connectivity index (χ3v) is 7.84. The van der Waals surface area contributed by atoms with Gasteiger partial charge in [0.2, 0.25) is 0 Å². The molecule has 0 saturated heterocycles. The van der Waals surface area contributed by atoms with E-state index in [1.54, 1.807) is 11.3 Å². The monoisotopic (exact) mass is 426 g/mol. The number of carbonyl (C=O) groups is 1. The highest BCUT2D eigenvalue weighted by Crippen LogP contribution is 2.46.